The van der Waals surface area contributed by atoms with E-state index in [1.165, 1.54) is 0 Å². The minimum absolute atomic E-state index is 0.157. The van der Waals surface area contributed by atoms with Crippen molar-refractivity contribution in [3.05, 3.63) is 53.9 Å². The third kappa shape index (κ3) is 3.93. The summed E-state index contributed by atoms with van der Waals surface area (Å²) in [4.78, 5) is 16.8. The van der Waals surface area contributed by atoms with Crippen LogP contribution in [-0.4, -0.2) is 33.7 Å². The zero-order valence-corrected chi connectivity index (χ0v) is 15.1. The monoisotopic (exact) mass is 354 g/mol. The second kappa shape index (κ2) is 7.86. The van der Waals surface area contributed by atoms with E-state index in [-0.39, 0.29) is 11.9 Å². The summed E-state index contributed by atoms with van der Waals surface area (Å²) >= 11 is 0. The number of hydrogen-bond donors (Lipinski definition) is 1. The Morgan fingerprint density at radius 2 is 1.85 bits per heavy atom. The molecule has 1 aromatic carbocycles. The average Bonchev–Trinajstić information content (AvgIpc) is 3.06. The number of carbonyl (C=O) groups excluding carboxylic acids is 1. The van der Waals surface area contributed by atoms with Gasteiger partial charge in [-0.2, -0.15) is 0 Å². The first kappa shape index (κ1) is 17.7. The van der Waals surface area contributed by atoms with E-state index in [1.54, 1.807) is 22.8 Å². The number of aromatic nitrogens is 3. The van der Waals surface area contributed by atoms with E-state index in [4.69, 9.17) is 9.47 Å². The highest BCUT2D eigenvalue weighted by molar-refractivity contribution is 5.93. The lowest BCUT2D eigenvalue weighted by Gasteiger charge is -2.14. The van der Waals surface area contributed by atoms with Crippen LogP contribution < -0.4 is 14.8 Å². The van der Waals surface area contributed by atoms with Gasteiger partial charge in [0, 0.05) is 6.07 Å². The lowest BCUT2D eigenvalue weighted by Crippen LogP contribution is -2.26. The van der Waals surface area contributed by atoms with Crippen molar-refractivity contribution < 1.29 is 14.3 Å². The molecule has 26 heavy (non-hydrogen) atoms. The van der Waals surface area contributed by atoms with Crippen LogP contribution in [0.1, 0.15) is 42.9 Å². The van der Waals surface area contributed by atoms with Gasteiger partial charge < -0.3 is 14.8 Å². The summed E-state index contributed by atoms with van der Waals surface area (Å²) in [5.74, 6) is 1.05. The number of hydrogen-bond acceptors (Lipinski definition) is 5. The Bertz CT molecular complexity index is 889. The van der Waals surface area contributed by atoms with Gasteiger partial charge in [0.15, 0.2) is 5.65 Å². The van der Waals surface area contributed by atoms with Gasteiger partial charge in [0.2, 0.25) is 5.88 Å². The van der Waals surface area contributed by atoms with E-state index in [2.05, 4.69) is 15.4 Å². The Labute approximate surface area is 152 Å². The van der Waals surface area contributed by atoms with Crippen LogP contribution in [-0.2, 0) is 0 Å². The SMILES string of the molecule is CCOc1ccc([C@H](C)NC(=O)c2cn3nc(OCC)ccc3n2)cc1. The first-order chi connectivity index (χ1) is 12.6. The van der Waals surface area contributed by atoms with Crippen molar-refractivity contribution in [3.8, 4) is 11.6 Å². The fourth-order valence-electron chi connectivity index (χ4n) is 2.57. The third-order valence-electron chi connectivity index (χ3n) is 3.86. The topological polar surface area (TPSA) is 77.8 Å². The molecule has 0 aliphatic heterocycles. The maximum absolute atomic E-state index is 12.5. The minimum Gasteiger partial charge on any atom is -0.494 e. The first-order valence-corrected chi connectivity index (χ1v) is 8.63. The van der Waals surface area contributed by atoms with Crippen LogP contribution in [0.3, 0.4) is 0 Å². The van der Waals surface area contributed by atoms with Gasteiger partial charge in [-0.1, -0.05) is 12.1 Å². The summed E-state index contributed by atoms with van der Waals surface area (Å²) in [6, 6.07) is 11.0. The van der Waals surface area contributed by atoms with Crippen molar-refractivity contribution >= 4 is 11.6 Å². The van der Waals surface area contributed by atoms with Gasteiger partial charge in [-0.25, -0.2) is 9.50 Å². The number of rotatable bonds is 7. The van der Waals surface area contributed by atoms with Crippen LogP contribution in [0.2, 0.25) is 0 Å². The van der Waals surface area contributed by atoms with E-state index in [0.717, 1.165) is 11.3 Å². The summed E-state index contributed by atoms with van der Waals surface area (Å²) < 4.78 is 12.3. The number of nitrogens with one attached hydrogen (secondary N) is 1. The lowest BCUT2D eigenvalue weighted by molar-refractivity contribution is 0.0935. The summed E-state index contributed by atoms with van der Waals surface area (Å²) in [7, 11) is 0. The summed E-state index contributed by atoms with van der Waals surface area (Å²) in [5, 5.41) is 7.22. The van der Waals surface area contributed by atoms with Gasteiger partial charge in [0.05, 0.1) is 25.5 Å². The zero-order chi connectivity index (χ0) is 18.5. The predicted molar refractivity (Wildman–Crippen MR) is 97.6 cm³/mol. The highest BCUT2D eigenvalue weighted by Crippen LogP contribution is 2.18. The van der Waals surface area contributed by atoms with E-state index in [0.29, 0.717) is 30.4 Å². The second-order valence-electron chi connectivity index (χ2n) is 5.73. The van der Waals surface area contributed by atoms with Crippen molar-refractivity contribution in [2.45, 2.75) is 26.8 Å². The molecule has 0 fully saturated rings. The molecule has 0 aliphatic carbocycles. The van der Waals surface area contributed by atoms with Gasteiger partial charge in [0.1, 0.15) is 11.4 Å². The van der Waals surface area contributed by atoms with Gasteiger partial charge in [0.25, 0.3) is 5.91 Å². The standard InChI is InChI=1S/C19H22N4O3/c1-4-25-15-8-6-14(7-9-15)13(3)20-19(24)16-12-23-17(21-16)10-11-18(22-23)26-5-2/h6-13H,4-5H2,1-3H3,(H,20,24)/t13-/m0/s1. The Morgan fingerprint density at radius 1 is 1.12 bits per heavy atom. The van der Waals surface area contributed by atoms with Crippen LogP contribution >= 0.6 is 0 Å². The van der Waals surface area contributed by atoms with Crippen LogP contribution in [0.5, 0.6) is 11.6 Å². The number of fused-ring (bicyclic) bond motifs is 1. The molecule has 0 aliphatic rings. The molecule has 3 rings (SSSR count). The second-order valence-corrected chi connectivity index (χ2v) is 5.73. The molecule has 136 valence electrons. The van der Waals surface area contributed by atoms with E-state index < -0.39 is 0 Å². The van der Waals surface area contributed by atoms with Crippen LogP contribution in [0, 0.1) is 0 Å². The smallest absolute Gasteiger partial charge is 0.272 e. The molecule has 7 nitrogen and oxygen atoms in total. The molecule has 0 spiro atoms. The highest BCUT2D eigenvalue weighted by atomic mass is 16.5. The molecule has 0 saturated heterocycles. The van der Waals surface area contributed by atoms with Crippen LogP contribution in [0.4, 0.5) is 0 Å². The van der Waals surface area contributed by atoms with E-state index in [1.807, 2.05) is 45.0 Å². The van der Waals surface area contributed by atoms with Crippen molar-refractivity contribution in [2.75, 3.05) is 13.2 Å². The number of benzene rings is 1. The fraction of sp³-hybridized carbons (Fsp3) is 0.316. The fourth-order valence-corrected chi connectivity index (χ4v) is 2.57. The Morgan fingerprint density at radius 3 is 2.54 bits per heavy atom. The molecule has 2 aromatic heterocycles. The molecule has 7 heteroatoms. The third-order valence-corrected chi connectivity index (χ3v) is 3.86. The maximum Gasteiger partial charge on any atom is 0.272 e. The van der Waals surface area contributed by atoms with E-state index in [9.17, 15) is 4.79 Å². The van der Waals surface area contributed by atoms with Crippen molar-refractivity contribution in [3.63, 3.8) is 0 Å². The van der Waals surface area contributed by atoms with Crippen LogP contribution in [0.15, 0.2) is 42.6 Å². The largest absolute Gasteiger partial charge is 0.494 e. The summed E-state index contributed by atoms with van der Waals surface area (Å²) in [5.41, 5.74) is 1.89. The molecule has 1 amide bonds. The molecule has 2 heterocycles. The number of carbonyl (C=O) groups is 1. The molecule has 0 radical (unpaired) electrons. The quantitative estimate of drug-likeness (QED) is 0.706. The molecule has 0 bridgehead atoms. The average molecular weight is 354 g/mol. The van der Waals surface area contributed by atoms with Gasteiger partial charge in [-0.05, 0) is 44.5 Å². The van der Waals surface area contributed by atoms with Gasteiger partial charge >= 0.3 is 0 Å². The molecule has 3 aromatic rings. The summed E-state index contributed by atoms with van der Waals surface area (Å²) in [6.07, 6.45) is 1.60. The van der Waals surface area contributed by atoms with Crippen molar-refractivity contribution in [1.82, 2.24) is 19.9 Å². The number of ether oxygens (including phenoxy) is 2. The van der Waals surface area contributed by atoms with Crippen molar-refractivity contribution in [2.24, 2.45) is 0 Å². The zero-order valence-electron chi connectivity index (χ0n) is 15.1. The molecule has 1 atom stereocenters. The van der Waals surface area contributed by atoms with E-state index >= 15 is 0 Å². The minimum atomic E-state index is -0.255. The number of amides is 1. The Hall–Kier alpha value is -3.09. The van der Waals surface area contributed by atoms with Gasteiger partial charge in [-0.3, -0.25) is 4.79 Å². The van der Waals surface area contributed by atoms with Crippen LogP contribution in [0.25, 0.3) is 5.65 Å². The first-order valence-electron chi connectivity index (χ1n) is 8.63. The molecule has 1 N–H and O–H groups in total. The number of nitrogens with zero attached hydrogens (tertiary/aromatic N) is 3. The molecule has 0 saturated carbocycles. The Balaban J connectivity index is 1.71. The number of imidazole rings is 1. The highest BCUT2D eigenvalue weighted by Gasteiger charge is 2.15. The molecular weight excluding hydrogens is 332 g/mol. The maximum atomic E-state index is 12.5. The molecular formula is C19H22N4O3. The van der Waals surface area contributed by atoms with Crippen molar-refractivity contribution in [1.29, 1.82) is 0 Å². The Kier molecular flexibility index (Phi) is 5.36. The lowest BCUT2D eigenvalue weighted by atomic mass is 10.1. The van der Waals surface area contributed by atoms with Gasteiger partial charge in [-0.15, -0.1) is 5.10 Å². The predicted octanol–water partition coefficient (Wildman–Crippen LogP) is 3.02. The molecule has 0 unspecified atom stereocenters. The normalized spacial score (nSPS) is 12.0. The summed E-state index contributed by atoms with van der Waals surface area (Å²) in [6.45, 7) is 6.91.